The molecule has 0 N–H and O–H groups in total. The van der Waals surface area contributed by atoms with Gasteiger partial charge >= 0.3 is 0 Å². The van der Waals surface area contributed by atoms with E-state index in [0.29, 0.717) is 5.92 Å². The SMILES string of the molecule is CN1Cc2cc(C(C)(C)C)cc3c2C(CCO3)C1. The Balaban J connectivity index is 2.14. The van der Waals surface area contributed by atoms with Crippen molar-refractivity contribution in [1.82, 2.24) is 4.90 Å². The van der Waals surface area contributed by atoms with Gasteiger partial charge in [0, 0.05) is 24.6 Å². The van der Waals surface area contributed by atoms with Gasteiger partial charge in [-0.15, -0.1) is 0 Å². The maximum Gasteiger partial charge on any atom is 0.123 e. The van der Waals surface area contributed by atoms with Gasteiger partial charge in [0.05, 0.1) is 6.61 Å². The molecular weight excluding hydrogens is 222 g/mol. The zero-order valence-corrected chi connectivity index (χ0v) is 11.9. The Bertz CT molecular complexity index is 473. The minimum atomic E-state index is 0.192. The number of likely N-dealkylation sites (N-methyl/N-ethyl adjacent to an activating group) is 1. The summed E-state index contributed by atoms with van der Waals surface area (Å²) in [6, 6.07) is 4.67. The lowest BCUT2D eigenvalue weighted by Crippen LogP contribution is -2.34. The van der Waals surface area contributed by atoms with Gasteiger partial charge in [-0.05, 0) is 36.1 Å². The van der Waals surface area contributed by atoms with E-state index in [1.165, 1.54) is 29.7 Å². The summed E-state index contributed by atoms with van der Waals surface area (Å²) in [5.41, 5.74) is 4.56. The van der Waals surface area contributed by atoms with E-state index in [0.717, 1.165) is 18.9 Å². The highest BCUT2D eigenvalue weighted by atomic mass is 16.5. The first-order valence-electron chi connectivity index (χ1n) is 6.94. The summed E-state index contributed by atoms with van der Waals surface area (Å²) in [6.07, 6.45) is 1.17. The van der Waals surface area contributed by atoms with Gasteiger partial charge < -0.3 is 9.64 Å². The highest BCUT2D eigenvalue weighted by Gasteiger charge is 2.31. The predicted molar refractivity (Wildman–Crippen MR) is 74.3 cm³/mol. The van der Waals surface area contributed by atoms with Crippen LogP contribution in [0.15, 0.2) is 12.1 Å². The number of nitrogens with zero attached hydrogens (tertiary/aromatic N) is 1. The van der Waals surface area contributed by atoms with Gasteiger partial charge in [-0.2, -0.15) is 0 Å². The van der Waals surface area contributed by atoms with E-state index < -0.39 is 0 Å². The highest BCUT2D eigenvalue weighted by molar-refractivity contribution is 5.50. The van der Waals surface area contributed by atoms with Crippen molar-refractivity contribution in [3.8, 4) is 5.75 Å². The second-order valence-electron chi connectivity index (χ2n) is 6.83. The van der Waals surface area contributed by atoms with Crippen molar-refractivity contribution in [2.45, 2.75) is 45.1 Å². The number of hydrogen-bond acceptors (Lipinski definition) is 2. The molecule has 1 atom stereocenters. The number of ether oxygens (including phenoxy) is 1. The first-order chi connectivity index (χ1) is 8.45. The summed E-state index contributed by atoms with van der Waals surface area (Å²) in [5.74, 6) is 1.83. The minimum Gasteiger partial charge on any atom is -0.493 e. The molecule has 98 valence electrons. The standard InChI is InChI=1S/C16H23NO/c1-16(2,3)13-7-12-10-17(4)9-11-5-6-18-14(8-13)15(11)12/h7-8,11H,5-6,9-10H2,1-4H3. The molecule has 2 aliphatic rings. The Morgan fingerprint density at radius 2 is 2.06 bits per heavy atom. The fourth-order valence-corrected chi connectivity index (χ4v) is 3.20. The molecule has 18 heavy (non-hydrogen) atoms. The average molecular weight is 245 g/mol. The maximum atomic E-state index is 5.92. The van der Waals surface area contributed by atoms with E-state index in [9.17, 15) is 0 Å². The van der Waals surface area contributed by atoms with E-state index >= 15 is 0 Å². The molecule has 1 unspecified atom stereocenters. The molecule has 2 aliphatic heterocycles. The zero-order chi connectivity index (χ0) is 12.9. The van der Waals surface area contributed by atoms with Crippen molar-refractivity contribution in [1.29, 1.82) is 0 Å². The van der Waals surface area contributed by atoms with Crippen LogP contribution >= 0.6 is 0 Å². The first kappa shape index (κ1) is 12.0. The van der Waals surface area contributed by atoms with E-state index in [-0.39, 0.29) is 5.41 Å². The molecule has 0 aromatic heterocycles. The molecule has 2 nitrogen and oxygen atoms in total. The molecule has 0 aliphatic carbocycles. The van der Waals surface area contributed by atoms with Crippen molar-refractivity contribution in [3.63, 3.8) is 0 Å². The topological polar surface area (TPSA) is 12.5 Å². The minimum absolute atomic E-state index is 0.192. The van der Waals surface area contributed by atoms with Crippen LogP contribution in [-0.4, -0.2) is 25.1 Å². The van der Waals surface area contributed by atoms with Crippen LogP contribution in [0.2, 0.25) is 0 Å². The van der Waals surface area contributed by atoms with Gasteiger partial charge in [0.1, 0.15) is 5.75 Å². The van der Waals surface area contributed by atoms with Crippen molar-refractivity contribution >= 4 is 0 Å². The third kappa shape index (κ3) is 1.93. The molecular formula is C16H23NO. The monoisotopic (exact) mass is 245 g/mol. The summed E-state index contributed by atoms with van der Waals surface area (Å²) >= 11 is 0. The molecule has 1 aromatic rings. The normalized spacial score (nSPS) is 23.4. The first-order valence-corrected chi connectivity index (χ1v) is 6.94. The lowest BCUT2D eigenvalue weighted by Gasteiger charge is -2.37. The molecule has 0 bridgehead atoms. The highest BCUT2D eigenvalue weighted by Crippen LogP contribution is 2.42. The van der Waals surface area contributed by atoms with Crippen LogP contribution in [0.25, 0.3) is 0 Å². The molecule has 3 rings (SSSR count). The van der Waals surface area contributed by atoms with E-state index in [1.807, 2.05) is 0 Å². The number of benzene rings is 1. The van der Waals surface area contributed by atoms with Crippen molar-refractivity contribution < 1.29 is 4.74 Å². The van der Waals surface area contributed by atoms with E-state index in [1.54, 1.807) is 0 Å². The number of rotatable bonds is 0. The molecule has 1 aromatic carbocycles. The van der Waals surface area contributed by atoms with Gasteiger partial charge in [-0.25, -0.2) is 0 Å². The molecule has 0 spiro atoms. The average Bonchev–Trinajstić information content (AvgIpc) is 2.27. The largest absolute Gasteiger partial charge is 0.493 e. The Labute approximate surface area is 110 Å². The summed E-state index contributed by atoms with van der Waals surface area (Å²) in [4.78, 5) is 2.44. The predicted octanol–water partition coefficient (Wildman–Crippen LogP) is 3.30. The molecule has 2 heteroatoms. The summed E-state index contributed by atoms with van der Waals surface area (Å²) in [5, 5.41) is 0. The van der Waals surface area contributed by atoms with E-state index in [4.69, 9.17) is 4.74 Å². The van der Waals surface area contributed by atoms with Gasteiger partial charge in [0.2, 0.25) is 0 Å². The van der Waals surface area contributed by atoms with Crippen LogP contribution in [0.3, 0.4) is 0 Å². The Kier molecular flexibility index (Phi) is 2.67. The second kappa shape index (κ2) is 3.99. The lowest BCUT2D eigenvalue weighted by molar-refractivity contribution is 0.209. The Hall–Kier alpha value is -1.02. The van der Waals surface area contributed by atoms with Gasteiger partial charge in [-0.1, -0.05) is 26.8 Å². The third-order valence-electron chi connectivity index (χ3n) is 4.20. The second-order valence-corrected chi connectivity index (χ2v) is 6.83. The van der Waals surface area contributed by atoms with Crippen molar-refractivity contribution in [2.24, 2.45) is 0 Å². The van der Waals surface area contributed by atoms with Crippen LogP contribution in [0, 0.1) is 0 Å². The third-order valence-corrected chi connectivity index (χ3v) is 4.20. The maximum absolute atomic E-state index is 5.92. The van der Waals surface area contributed by atoms with Crippen LogP contribution in [0.1, 0.15) is 49.8 Å². The lowest BCUT2D eigenvalue weighted by atomic mass is 9.80. The van der Waals surface area contributed by atoms with Crippen LogP contribution in [0.4, 0.5) is 0 Å². The Morgan fingerprint density at radius 3 is 2.78 bits per heavy atom. The quantitative estimate of drug-likeness (QED) is 0.695. The molecule has 0 fully saturated rings. The molecule has 0 amide bonds. The van der Waals surface area contributed by atoms with Crippen LogP contribution in [0.5, 0.6) is 5.75 Å². The van der Waals surface area contributed by atoms with Gasteiger partial charge in [-0.3, -0.25) is 0 Å². The molecule has 2 heterocycles. The van der Waals surface area contributed by atoms with Gasteiger partial charge in [0.15, 0.2) is 0 Å². The molecule has 0 radical (unpaired) electrons. The van der Waals surface area contributed by atoms with Crippen molar-refractivity contribution in [3.05, 3.63) is 28.8 Å². The fraction of sp³-hybridized carbons (Fsp3) is 0.625. The summed E-state index contributed by atoms with van der Waals surface area (Å²) < 4.78 is 5.92. The Morgan fingerprint density at radius 1 is 1.28 bits per heavy atom. The fourth-order valence-electron chi connectivity index (χ4n) is 3.20. The molecule has 0 saturated heterocycles. The molecule has 0 saturated carbocycles. The van der Waals surface area contributed by atoms with Gasteiger partial charge in [0.25, 0.3) is 0 Å². The van der Waals surface area contributed by atoms with E-state index in [2.05, 4.69) is 44.9 Å². The van der Waals surface area contributed by atoms with Crippen LogP contribution in [-0.2, 0) is 12.0 Å². The van der Waals surface area contributed by atoms with Crippen molar-refractivity contribution in [2.75, 3.05) is 20.2 Å². The zero-order valence-electron chi connectivity index (χ0n) is 11.9. The summed E-state index contributed by atoms with van der Waals surface area (Å²) in [7, 11) is 2.22. The smallest absolute Gasteiger partial charge is 0.123 e. The number of hydrogen-bond donors (Lipinski definition) is 0. The van der Waals surface area contributed by atoms with Crippen LogP contribution < -0.4 is 4.74 Å². The summed E-state index contributed by atoms with van der Waals surface area (Å²) in [6.45, 7) is 9.93.